The zero-order valence-corrected chi connectivity index (χ0v) is 13.3. The number of carbonyl (C=O) groups is 2. The average molecular weight is 332 g/mol. The van der Waals surface area contributed by atoms with E-state index < -0.39 is 11.8 Å². The molecule has 0 aliphatic carbocycles. The second kappa shape index (κ2) is 6.88. The molecule has 0 aliphatic rings. The summed E-state index contributed by atoms with van der Waals surface area (Å²) in [7, 11) is 0. The van der Waals surface area contributed by atoms with Gasteiger partial charge < -0.3 is 16.2 Å². The summed E-state index contributed by atoms with van der Waals surface area (Å²) in [5.41, 5.74) is 12.7. The number of rotatable bonds is 5. The van der Waals surface area contributed by atoms with E-state index in [1.54, 1.807) is 30.3 Å². The zero-order valence-electron chi connectivity index (χ0n) is 13.3. The third-order valence-corrected chi connectivity index (χ3v) is 3.71. The zero-order chi connectivity index (χ0) is 17.8. The summed E-state index contributed by atoms with van der Waals surface area (Å²) in [6, 6.07) is 21.1. The van der Waals surface area contributed by atoms with Crippen molar-refractivity contribution in [2.24, 2.45) is 11.5 Å². The lowest BCUT2D eigenvalue weighted by Gasteiger charge is -2.10. The maximum atomic E-state index is 11.7. The fourth-order valence-corrected chi connectivity index (χ4v) is 2.48. The molecule has 3 rings (SSSR count). The summed E-state index contributed by atoms with van der Waals surface area (Å²) < 4.78 is 5.74. The van der Waals surface area contributed by atoms with E-state index in [-0.39, 0.29) is 0 Å². The number of hydrogen-bond acceptors (Lipinski definition) is 3. The molecule has 0 fully saturated rings. The van der Waals surface area contributed by atoms with Gasteiger partial charge in [0, 0.05) is 11.1 Å². The Morgan fingerprint density at radius 2 is 1.36 bits per heavy atom. The third-order valence-electron chi connectivity index (χ3n) is 3.71. The van der Waals surface area contributed by atoms with Crippen LogP contribution in [0.5, 0.6) is 11.5 Å². The Morgan fingerprint density at radius 1 is 0.720 bits per heavy atom. The Hall–Kier alpha value is -3.60. The Bertz CT molecular complexity index is 919. The molecule has 0 aromatic heterocycles. The summed E-state index contributed by atoms with van der Waals surface area (Å²) in [5, 5.41) is 0. The molecule has 0 aliphatic heterocycles. The van der Waals surface area contributed by atoms with Crippen LogP contribution in [0.1, 0.15) is 20.7 Å². The highest BCUT2D eigenvalue weighted by molar-refractivity contribution is 6.02. The molecule has 0 unspecified atom stereocenters. The van der Waals surface area contributed by atoms with Crippen molar-refractivity contribution in [2.45, 2.75) is 0 Å². The van der Waals surface area contributed by atoms with Crippen molar-refractivity contribution >= 4 is 11.8 Å². The molecular formula is C20H16N2O3. The topological polar surface area (TPSA) is 95.4 Å². The Balaban J connectivity index is 1.95. The van der Waals surface area contributed by atoms with Gasteiger partial charge in [-0.15, -0.1) is 0 Å². The van der Waals surface area contributed by atoms with Crippen LogP contribution in [0.2, 0.25) is 0 Å². The van der Waals surface area contributed by atoms with Crippen LogP contribution in [-0.2, 0) is 0 Å². The first-order valence-electron chi connectivity index (χ1n) is 7.61. The number of hydrogen-bond donors (Lipinski definition) is 2. The number of carbonyl (C=O) groups excluding carboxylic acids is 2. The second-order valence-electron chi connectivity index (χ2n) is 5.43. The molecule has 5 heteroatoms. The van der Waals surface area contributed by atoms with E-state index in [2.05, 4.69) is 0 Å². The smallest absolute Gasteiger partial charge is 0.249 e. The highest BCUT2D eigenvalue weighted by Gasteiger charge is 2.13. The fourth-order valence-electron chi connectivity index (χ4n) is 2.48. The first-order chi connectivity index (χ1) is 12.0. The van der Waals surface area contributed by atoms with Gasteiger partial charge in [0.2, 0.25) is 11.8 Å². The number of para-hydroxylation sites is 1. The van der Waals surface area contributed by atoms with Crippen LogP contribution in [-0.4, -0.2) is 11.8 Å². The lowest BCUT2D eigenvalue weighted by molar-refractivity contribution is 0.0989. The molecule has 124 valence electrons. The number of ether oxygens (including phenoxy) is 1. The maximum Gasteiger partial charge on any atom is 0.249 e. The van der Waals surface area contributed by atoms with Gasteiger partial charge in [-0.25, -0.2) is 0 Å². The number of primary amides is 2. The molecule has 0 atom stereocenters. The van der Waals surface area contributed by atoms with Crippen molar-refractivity contribution in [3.63, 3.8) is 0 Å². The SMILES string of the molecule is NC(=O)c1ccc(C(N)=O)c(-c2ccc(Oc3ccccc3)cc2)c1. The predicted molar refractivity (Wildman–Crippen MR) is 95.4 cm³/mol. The van der Waals surface area contributed by atoms with E-state index in [4.69, 9.17) is 16.2 Å². The first-order valence-corrected chi connectivity index (χ1v) is 7.61. The Morgan fingerprint density at radius 3 is 1.96 bits per heavy atom. The van der Waals surface area contributed by atoms with E-state index in [9.17, 15) is 9.59 Å². The van der Waals surface area contributed by atoms with Gasteiger partial charge in [0.05, 0.1) is 0 Å². The van der Waals surface area contributed by atoms with Gasteiger partial charge in [-0.05, 0) is 53.6 Å². The van der Waals surface area contributed by atoms with Crippen molar-refractivity contribution in [3.8, 4) is 22.6 Å². The number of benzene rings is 3. The average Bonchev–Trinajstić information content (AvgIpc) is 2.62. The lowest BCUT2D eigenvalue weighted by Crippen LogP contribution is -2.15. The van der Waals surface area contributed by atoms with Crippen molar-refractivity contribution < 1.29 is 14.3 Å². The minimum Gasteiger partial charge on any atom is -0.457 e. The van der Waals surface area contributed by atoms with Crippen molar-refractivity contribution in [1.29, 1.82) is 0 Å². The highest BCUT2D eigenvalue weighted by Crippen LogP contribution is 2.28. The van der Waals surface area contributed by atoms with Crippen LogP contribution in [0.25, 0.3) is 11.1 Å². The van der Waals surface area contributed by atoms with Crippen molar-refractivity contribution in [3.05, 3.63) is 83.9 Å². The third kappa shape index (κ3) is 3.67. The van der Waals surface area contributed by atoms with Gasteiger partial charge in [0.25, 0.3) is 0 Å². The standard InChI is InChI=1S/C20H16N2O3/c21-19(23)14-8-11-17(20(22)24)18(12-14)13-6-9-16(10-7-13)25-15-4-2-1-3-5-15/h1-12H,(H2,21,23)(H2,22,24). The molecule has 0 heterocycles. The molecule has 3 aromatic rings. The highest BCUT2D eigenvalue weighted by atomic mass is 16.5. The first kappa shape index (κ1) is 16.3. The molecule has 2 amide bonds. The molecule has 4 N–H and O–H groups in total. The quantitative estimate of drug-likeness (QED) is 0.750. The number of amides is 2. The maximum absolute atomic E-state index is 11.7. The van der Waals surface area contributed by atoms with Crippen LogP contribution in [0.15, 0.2) is 72.8 Å². The molecule has 3 aromatic carbocycles. The Kier molecular flexibility index (Phi) is 4.48. The van der Waals surface area contributed by atoms with Crippen LogP contribution >= 0.6 is 0 Å². The lowest BCUT2D eigenvalue weighted by atomic mass is 9.96. The van der Waals surface area contributed by atoms with E-state index in [1.807, 2.05) is 30.3 Å². The van der Waals surface area contributed by atoms with E-state index in [0.29, 0.717) is 22.4 Å². The summed E-state index contributed by atoms with van der Waals surface area (Å²) in [6.45, 7) is 0. The fraction of sp³-hybridized carbons (Fsp3) is 0. The minimum absolute atomic E-state index is 0.310. The largest absolute Gasteiger partial charge is 0.457 e. The number of nitrogens with two attached hydrogens (primary N) is 2. The summed E-state index contributed by atoms with van der Waals surface area (Å²) in [4.78, 5) is 23.1. The molecule has 0 bridgehead atoms. The molecule has 25 heavy (non-hydrogen) atoms. The van der Waals surface area contributed by atoms with Gasteiger partial charge >= 0.3 is 0 Å². The molecule has 0 radical (unpaired) electrons. The summed E-state index contributed by atoms with van der Waals surface area (Å²) in [5.74, 6) is 0.238. The molecule has 0 spiro atoms. The Labute approximate surface area is 144 Å². The van der Waals surface area contributed by atoms with E-state index >= 15 is 0 Å². The van der Waals surface area contributed by atoms with Gasteiger partial charge in [-0.2, -0.15) is 0 Å². The van der Waals surface area contributed by atoms with Gasteiger partial charge in [-0.3, -0.25) is 9.59 Å². The van der Waals surface area contributed by atoms with Gasteiger partial charge in [0.1, 0.15) is 11.5 Å². The van der Waals surface area contributed by atoms with Crippen LogP contribution in [0.3, 0.4) is 0 Å². The van der Waals surface area contributed by atoms with Crippen LogP contribution < -0.4 is 16.2 Å². The van der Waals surface area contributed by atoms with Gasteiger partial charge in [0.15, 0.2) is 0 Å². The second-order valence-corrected chi connectivity index (χ2v) is 5.43. The van der Waals surface area contributed by atoms with Crippen molar-refractivity contribution in [2.75, 3.05) is 0 Å². The van der Waals surface area contributed by atoms with E-state index in [0.717, 1.165) is 11.3 Å². The molecular weight excluding hydrogens is 316 g/mol. The minimum atomic E-state index is -0.573. The monoisotopic (exact) mass is 332 g/mol. The molecule has 0 saturated heterocycles. The predicted octanol–water partition coefficient (Wildman–Crippen LogP) is 3.34. The summed E-state index contributed by atoms with van der Waals surface area (Å²) >= 11 is 0. The normalized spacial score (nSPS) is 10.2. The van der Waals surface area contributed by atoms with Crippen LogP contribution in [0, 0.1) is 0 Å². The van der Waals surface area contributed by atoms with E-state index in [1.165, 1.54) is 12.1 Å². The summed E-state index contributed by atoms with van der Waals surface area (Å²) in [6.07, 6.45) is 0. The van der Waals surface area contributed by atoms with Gasteiger partial charge in [-0.1, -0.05) is 30.3 Å². The van der Waals surface area contributed by atoms with Crippen LogP contribution in [0.4, 0.5) is 0 Å². The molecule has 5 nitrogen and oxygen atoms in total. The van der Waals surface area contributed by atoms with Crippen molar-refractivity contribution in [1.82, 2.24) is 0 Å². The molecule has 0 saturated carbocycles.